The molecule has 0 aliphatic carbocycles. The van der Waals surface area contributed by atoms with Gasteiger partial charge in [0.25, 0.3) is 0 Å². The summed E-state index contributed by atoms with van der Waals surface area (Å²) in [5, 5.41) is 3.27. The lowest BCUT2D eigenvalue weighted by Gasteiger charge is -2.09. The quantitative estimate of drug-likeness (QED) is 0.583. The number of rotatable bonds is 1. The molecule has 0 bridgehead atoms. The first-order valence-electron chi connectivity index (χ1n) is 4.49. The summed E-state index contributed by atoms with van der Waals surface area (Å²) in [6.07, 6.45) is 5.41. The van der Waals surface area contributed by atoms with E-state index >= 15 is 0 Å². The summed E-state index contributed by atoms with van der Waals surface area (Å²) in [4.78, 5) is 14.5. The van der Waals surface area contributed by atoms with E-state index in [1.165, 1.54) is 6.20 Å². The molecule has 0 amide bonds. The minimum atomic E-state index is -0.0434. The Balaban J connectivity index is 2.39. The second-order valence-corrected chi connectivity index (χ2v) is 3.34. The van der Waals surface area contributed by atoms with Crippen LogP contribution in [-0.4, -0.2) is 11.5 Å². The summed E-state index contributed by atoms with van der Waals surface area (Å²) in [6.45, 7) is 0.985. The minimum absolute atomic E-state index is 0.0434. The predicted octanol–water partition coefficient (Wildman–Crippen LogP) is 0.382. The molecule has 4 nitrogen and oxygen atoms in total. The third kappa shape index (κ3) is 1.45. The van der Waals surface area contributed by atoms with Gasteiger partial charge < -0.3 is 16.0 Å². The molecule has 1 unspecified atom stereocenters. The van der Waals surface area contributed by atoms with Crippen LogP contribution in [0.3, 0.4) is 0 Å². The number of pyridine rings is 1. The fraction of sp³-hybridized carbons (Fsp3) is 0.444. The number of nitrogen functional groups attached to an aromatic ring is 1. The summed E-state index contributed by atoms with van der Waals surface area (Å²) in [7, 11) is 0. The fourth-order valence-corrected chi connectivity index (χ4v) is 1.73. The number of nitrogens with one attached hydrogen (secondary N) is 2. The van der Waals surface area contributed by atoms with Gasteiger partial charge in [-0.25, -0.2) is 0 Å². The molecule has 13 heavy (non-hydrogen) atoms. The van der Waals surface area contributed by atoms with Crippen LogP contribution in [0.1, 0.15) is 24.4 Å². The zero-order chi connectivity index (χ0) is 9.26. The van der Waals surface area contributed by atoms with Crippen LogP contribution in [0.4, 0.5) is 5.69 Å². The van der Waals surface area contributed by atoms with E-state index in [1.54, 1.807) is 6.20 Å². The molecule has 4 heteroatoms. The summed E-state index contributed by atoms with van der Waals surface area (Å²) < 4.78 is 0. The molecule has 2 heterocycles. The zero-order valence-corrected chi connectivity index (χ0v) is 7.34. The maximum absolute atomic E-state index is 11.6. The molecule has 0 saturated carbocycles. The SMILES string of the molecule is Nc1c[nH]cc(C2CCCN2)c1=O. The highest BCUT2D eigenvalue weighted by atomic mass is 16.1. The number of anilines is 1. The van der Waals surface area contributed by atoms with Crippen molar-refractivity contribution in [1.29, 1.82) is 0 Å². The van der Waals surface area contributed by atoms with Crippen LogP contribution in [0.15, 0.2) is 17.2 Å². The fourth-order valence-electron chi connectivity index (χ4n) is 1.73. The third-order valence-corrected chi connectivity index (χ3v) is 2.44. The van der Waals surface area contributed by atoms with Crippen molar-refractivity contribution in [2.24, 2.45) is 0 Å². The average Bonchev–Trinajstić information content (AvgIpc) is 2.62. The van der Waals surface area contributed by atoms with Crippen molar-refractivity contribution in [1.82, 2.24) is 10.3 Å². The summed E-state index contributed by atoms with van der Waals surface area (Å²) in [6, 6.07) is 0.187. The average molecular weight is 179 g/mol. The van der Waals surface area contributed by atoms with E-state index in [0.29, 0.717) is 5.69 Å². The van der Waals surface area contributed by atoms with E-state index in [2.05, 4.69) is 10.3 Å². The van der Waals surface area contributed by atoms with Crippen LogP contribution in [0.25, 0.3) is 0 Å². The van der Waals surface area contributed by atoms with Crippen molar-refractivity contribution in [3.8, 4) is 0 Å². The molecule has 1 aliphatic heterocycles. The molecule has 1 fully saturated rings. The number of aromatic amines is 1. The van der Waals surface area contributed by atoms with Gasteiger partial charge in [0.15, 0.2) is 0 Å². The van der Waals surface area contributed by atoms with E-state index in [-0.39, 0.29) is 11.5 Å². The first kappa shape index (κ1) is 8.31. The van der Waals surface area contributed by atoms with Gasteiger partial charge in [-0.05, 0) is 19.4 Å². The molecule has 1 saturated heterocycles. The predicted molar refractivity (Wildman–Crippen MR) is 51.5 cm³/mol. The molecule has 4 N–H and O–H groups in total. The Hall–Kier alpha value is -1.29. The Morgan fingerprint density at radius 1 is 1.46 bits per heavy atom. The molecule has 1 aromatic heterocycles. The standard InChI is InChI=1S/C9H13N3O/c10-7-5-11-4-6(9(7)13)8-2-1-3-12-8/h4-5,8,12H,1-3,10H2,(H,11,13). The van der Waals surface area contributed by atoms with Gasteiger partial charge in [-0.3, -0.25) is 4.79 Å². The van der Waals surface area contributed by atoms with Gasteiger partial charge in [0.05, 0.1) is 5.69 Å². The third-order valence-electron chi connectivity index (χ3n) is 2.44. The van der Waals surface area contributed by atoms with E-state index < -0.39 is 0 Å². The van der Waals surface area contributed by atoms with Gasteiger partial charge in [-0.1, -0.05) is 0 Å². The number of hydrogen-bond acceptors (Lipinski definition) is 3. The first-order valence-corrected chi connectivity index (χ1v) is 4.49. The number of H-pyrrole nitrogens is 1. The molecule has 0 aromatic carbocycles. The topological polar surface area (TPSA) is 70.9 Å². The molecule has 2 rings (SSSR count). The van der Waals surface area contributed by atoms with Gasteiger partial charge in [-0.15, -0.1) is 0 Å². The van der Waals surface area contributed by atoms with E-state index in [4.69, 9.17) is 5.73 Å². The van der Waals surface area contributed by atoms with Crippen LogP contribution >= 0.6 is 0 Å². The number of nitrogens with two attached hydrogens (primary N) is 1. The van der Waals surface area contributed by atoms with Gasteiger partial charge in [0, 0.05) is 24.0 Å². The molecule has 1 atom stereocenters. The van der Waals surface area contributed by atoms with Gasteiger partial charge >= 0.3 is 0 Å². The Kier molecular flexibility index (Phi) is 2.06. The van der Waals surface area contributed by atoms with Crippen molar-refractivity contribution in [3.63, 3.8) is 0 Å². The second-order valence-electron chi connectivity index (χ2n) is 3.34. The molecular weight excluding hydrogens is 166 g/mol. The Bertz CT molecular complexity index is 352. The molecule has 0 radical (unpaired) electrons. The Morgan fingerprint density at radius 3 is 3.00 bits per heavy atom. The van der Waals surface area contributed by atoms with E-state index in [1.807, 2.05) is 0 Å². The van der Waals surface area contributed by atoms with Crippen LogP contribution in [0.2, 0.25) is 0 Å². The van der Waals surface area contributed by atoms with Crippen molar-refractivity contribution < 1.29 is 0 Å². The zero-order valence-electron chi connectivity index (χ0n) is 7.34. The Morgan fingerprint density at radius 2 is 2.31 bits per heavy atom. The van der Waals surface area contributed by atoms with Crippen LogP contribution in [0, 0.1) is 0 Å². The number of hydrogen-bond donors (Lipinski definition) is 3. The highest BCUT2D eigenvalue weighted by Gasteiger charge is 2.19. The van der Waals surface area contributed by atoms with Crippen LogP contribution < -0.4 is 16.5 Å². The molecule has 70 valence electrons. The van der Waals surface area contributed by atoms with Crippen molar-refractivity contribution in [2.75, 3.05) is 12.3 Å². The maximum atomic E-state index is 11.6. The maximum Gasteiger partial charge on any atom is 0.209 e. The molecular formula is C9H13N3O. The molecule has 1 aromatic rings. The van der Waals surface area contributed by atoms with Crippen molar-refractivity contribution in [3.05, 3.63) is 28.2 Å². The van der Waals surface area contributed by atoms with Gasteiger partial charge in [-0.2, -0.15) is 0 Å². The van der Waals surface area contributed by atoms with Gasteiger partial charge in [0.2, 0.25) is 5.43 Å². The summed E-state index contributed by atoms with van der Waals surface area (Å²) in [5.41, 5.74) is 6.53. The van der Waals surface area contributed by atoms with Crippen LogP contribution in [0.5, 0.6) is 0 Å². The lowest BCUT2D eigenvalue weighted by molar-refractivity contribution is 0.641. The van der Waals surface area contributed by atoms with Crippen molar-refractivity contribution >= 4 is 5.69 Å². The number of aromatic nitrogens is 1. The lowest BCUT2D eigenvalue weighted by atomic mass is 10.1. The summed E-state index contributed by atoms with van der Waals surface area (Å²) >= 11 is 0. The molecule has 1 aliphatic rings. The second kappa shape index (κ2) is 3.22. The smallest absolute Gasteiger partial charge is 0.209 e. The van der Waals surface area contributed by atoms with Crippen LogP contribution in [-0.2, 0) is 0 Å². The highest BCUT2D eigenvalue weighted by molar-refractivity contribution is 5.38. The Labute approximate surface area is 76.2 Å². The first-order chi connectivity index (χ1) is 6.29. The van der Waals surface area contributed by atoms with E-state index in [0.717, 1.165) is 24.9 Å². The lowest BCUT2D eigenvalue weighted by Crippen LogP contribution is -2.22. The van der Waals surface area contributed by atoms with Gasteiger partial charge in [0.1, 0.15) is 0 Å². The largest absolute Gasteiger partial charge is 0.394 e. The van der Waals surface area contributed by atoms with E-state index in [9.17, 15) is 4.79 Å². The normalized spacial score (nSPS) is 22.0. The molecule has 0 spiro atoms. The monoisotopic (exact) mass is 179 g/mol. The van der Waals surface area contributed by atoms with Crippen molar-refractivity contribution in [2.45, 2.75) is 18.9 Å². The summed E-state index contributed by atoms with van der Waals surface area (Å²) in [5.74, 6) is 0. The minimum Gasteiger partial charge on any atom is -0.394 e. The highest BCUT2D eigenvalue weighted by Crippen LogP contribution is 2.19.